The number of fused-ring (bicyclic) bond motifs is 5. The Morgan fingerprint density at radius 1 is 0.636 bits per heavy atom. The maximum absolute atomic E-state index is 4.06. The van der Waals surface area contributed by atoms with Crippen molar-refractivity contribution >= 4 is 105 Å². The predicted octanol–water partition coefficient (Wildman–Crippen LogP) is 2.62. The van der Waals surface area contributed by atoms with Gasteiger partial charge >= 0.3 is 287 Å². The monoisotopic (exact) mass is 868 g/mol. The molecule has 0 amide bonds. The molecule has 0 N–H and O–H groups in total. The van der Waals surface area contributed by atoms with E-state index in [-0.39, 0.29) is 35.6 Å². The van der Waals surface area contributed by atoms with Crippen LogP contribution in [0.2, 0.25) is 0 Å². The van der Waals surface area contributed by atoms with E-state index in [0.717, 1.165) is 0 Å². The summed E-state index contributed by atoms with van der Waals surface area (Å²) in [7, 11) is 0. The quantitative estimate of drug-likeness (QED) is 0.264. The summed E-state index contributed by atoms with van der Waals surface area (Å²) in [5, 5.41) is 8.40. The van der Waals surface area contributed by atoms with Crippen molar-refractivity contribution in [3.8, 4) is 0 Å². The summed E-state index contributed by atoms with van der Waals surface area (Å²) in [6, 6.07) is 32.0. The van der Waals surface area contributed by atoms with Crippen molar-refractivity contribution in [1.29, 1.82) is 0 Å². The van der Waals surface area contributed by atoms with E-state index in [1.54, 1.807) is 6.56 Å². The minimum Gasteiger partial charge on any atom is -1.00 e. The average molecular weight is 873 g/mol. The Bertz CT molecular complexity index is 2410. The molecule has 0 fully saturated rings. The fourth-order valence-corrected chi connectivity index (χ4v) is 17.8. The van der Waals surface area contributed by atoms with Gasteiger partial charge in [0.15, 0.2) is 0 Å². The molecule has 9 rings (SSSR count). The zero-order valence-electron chi connectivity index (χ0n) is 23.5. The van der Waals surface area contributed by atoms with E-state index in [1.807, 2.05) is 34.4 Å². The summed E-state index contributed by atoms with van der Waals surface area (Å²) in [4.78, 5) is 5.64. The van der Waals surface area contributed by atoms with E-state index < -0.39 is 23.2 Å². The van der Waals surface area contributed by atoms with Crippen LogP contribution in [0, 0.1) is 0 Å². The number of rotatable bonds is 3. The van der Waals surface area contributed by atoms with E-state index in [0.29, 0.717) is 0 Å². The summed E-state index contributed by atoms with van der Waals surface area (Å²) >= 11 is 12.6. The van der Waals surface area contributed by atoms with E-state index in [2.05, 4.69) is 143 Å². The molecule has 2 atom stereocenters. The minimum absolute atomic E-state index is 0. The Morgan fingerprint density at radius 2 is 1.32 bits per heavy atom. The van der Waals surface area contributed by atoms with Crippen LogP contribution >= 0.6 is 66.3 Å². The first-order valence-corrected chi connectivity index (χ1v) is 20.4. The predicted molar refractivity (Wildman–Crippen MR) is 185 cm³/mol. The third kappa shape index (κ3) is 4.49. The van der Waals surface area contributed by atoms with Crippen LogP contribution in [-0.4, -0.2) is 0 Å². The molecule has 1 aliphatic heterocycles. The maximum atomic E-state index is 4.06. The van der Waals surface area contributed by atoms with Crippen molar-refractivity contribution in [3.63, 3.8) is 0 Å². The molecule has 3 aliphatic rings. The number of halogens is 4. The molecule has 2 aromatic heterocycles. The Kier molecular flexibility index (Phi) is 8.16. The van der Waals surface area contributed by atoms with Crippen LogP contribution < -0.4 is 45.7 Å². The smallest absolute Gasteiger partial charge is 1.00 e. The molecule has 4 bridgehead atoms. The third-order valence-corrected chi connectivity index (χ3v) is 19.2. The van der Waals surface area contributed by atoms with Gasteiger partial charge in [-0.25, -0.2) is 0 Å². The van der Waals surface area contributed by atoms with E-state index in [4.69, 9.17) is 0 Å². The SMILES string of the molecule is CC1(c2cc3ccccc3s2)C=c2cccc(Br)c2=[C]1[Zr+2][C]1=c2c(Br)ccc3c2=CC1(C)c1cc2c(cccc2s1)S3.[Cl-].[Cl-]. The Balaban J connectivity index is 0.00000156. The summed E-state index contributed by atoms with van der Waals surface area (Å²) in [5.41, 5.74) is -0.265. The van der Waals surface area contributed by atoms with Crippen LogP contribution in [0.1, 0.15) is 23.6 Å². The molecule has 0 nitrogen and oxygen atoms in total. The van der Waals surface area contributed by atoms with Crippen molar-refractivity contribution in [2.45, 2.75) is 34.5 Å². The first-order valence-electron chi connectivity index (χ1n) is 13.9. The molecular formula is C36H22Br2Cl2S3Zr. The molecule has 2 unspecified atom stereocenters. The van der Waals surface area contributed by atoms with Crippen molar-refractivity contribution < 1.29 is 48.0 Å². The van der Waals surface area contributed by atoms with Crippen molar-refractivity contribution in [3.05, 3.63) is 125 Å². The van der Waals surface area contributed by atoms with Crippen molar-refractivity contribution in [1.82, 2.24) is 0 Å². The molecule has 0 saturated carbocycles. The topological polar surface area (TPSA) is 0 Å². The fourth-order valence-electron chi connectivity index (χ4n) is 6.88. The Morgan fingerprint density at radius 3 is 2.16 bits per heavy atom. The molecule has 3 heterocycles. The summed E-state index contributed by atoms with van der Waals surface area (Å²) in [6.07, 6.45) is 5.16. The second-order valence-electron chi connectivity index (χ2n) is 11.6. The van der Waals surface area contributed by atoms with Crippen LogP contribution in [0.25, 0.3) is 38.9 Å². The van der Waals surface area contributed by atoms with Gasteiger partial charge in [-0.15, -0.1) is 0 Å². The number of hydrogen-bond donors (Lipinski definition) is 0. The van der Waals surface area contributed by atoms with Gasteiger partial charge in [0.25, 0.3) is 0 Å². The van der Waals surface area contributed by atoms with Crippen molar-refractivity contribution in [2.24, 2.45) is 0 Å². The fraction of sp³-hybridized carbons (Fsp3) is 0.111. The summed E-state index contributed by atoms with van der Waals surface area (Å²) < 4.78 is 8.51. The second kappa shape index (κ2) is 11.3. The van der Waals surface area contributed by atoms with Gasteiger partial charge in [0.2, 0.25) is 0 Å². The summed E-state index contributed by atoms with van der Waals surface area (Å²) in [5.74, 6) is 0. The van der Waals surface area contributed by atoms with Crippen LogP contribution in [0.5, 0.6) is 0 Å². The standard InChI is InChI=1S/C18H10BrS2.C18H12BrS.2ClH.Zr/c1-18-8-11-12(9-18)16(6-5-13(11)19)20-14-3-2-4-15-10(14)7-17(18)21-15;1-18(10-13-6-4-7-15(19)14(13)11-18)17-9-12-5-2-3-8-16(12)20-17;;;/h2-7,9H,1H3;2-10H,1H3;2*1H;/q;;;;+2/p-2. The van der Waals surface area contributed by atoms with Crippen LogP contribution in [0.3, 0.4) is 0 Å². The third-order valence-electron chi connectivity index (χ3n) is 9.06. The van der Waals surface area contributed by atoms with Crippen LogP contribution in [-0.2, 0) is 34.1 Å². The van der Waals surface area contributed by atoms with Gasteiger partial charge in [0.1, 0.15) is 0 Å². The first kappa shape index (κ1) is 31.6. The molecule has 8 heteroatoms. The van der Waals surface area contributed by atoms with Crippen molar-refractivity contribution in [2.75, 3.05) is 0 Å². The molecule has 44 heavy (non-hydrogen) atoms. The van der Waals surface area contributed by atoms with Gasteiger partial charge in [0.05, 0.1) is 0 Å². The molecule has 216 valence electrons. The number of benzene rings is 4. The van der Waals surface area contributed by atoms with Gasteiger partial charge in [-0.05, 0) is 0 Å². The number of hydrogen-bond acceptors (Lipinski definition) is 3. The minimum atomic E-state index is -1.36. The Labute approximate surface area is 308 Å². The molecule has 6 aromatic rings. The van der Waals surface area contributed by atoms with Gasteiger partial charge in [-0.1, -0.05) is 0 Å². The van der Waals surface area contributed by atoms with Crippen LogP contribution in [0.4, 0.5) is 0 Å². The van der Waals surface area contributed by atoms with Gasteiger partial charge in [-0.3, -0.25) is 0 Å². The van der Waals surface area contributed by atoms with Gasteiger partial charge in [0, 0.05) is 0 Å². The average Bonchev–Trinajstić information content (AvgIpc) is 3.74. The second-order valence-corrected chi connectivity index (χ2v) is 19.7. The normalized spacial score (nSPS) is 20.6. The first-order chi connectivity index (χ1) is 20.3. The Hall–Kier alpha value is -0.947. The largest absolute Gasteiger partial charge is 1.00 e. The van der Waals surface area contributed by atoms with E-state index in [1.165, 1.54) is 69.5 Å². The van der Waals surface area contributed by atoms with E-state index in [9.17, 15) is 0 Å². The molecule has 2 aliphatic carbocycles. The molecule has 0 saturated heterocycles. The van der Waals surface area contributed by atoms with Gasteiger partial charge in [-0.2, -0.15) is 0 Å². The molecular weight excluding hydrogens is 851 g/mol. The van der Waals surface area contributed by atoms with Gasteiger partial charge < -0.3 is 24.8 Å². The molecule has 0 spiro atoms. The zero-order chi connectivity index (χ0) is 28.4. The number of thiophene rings is 2. The summed E-state index contributed by atoms with van der Waals surface area (Å²) in [6.45, 7) is 4.98. The van der Waals surface area contributed by atoms with Crippen LogP contribution in [0.15, 0.2) is 104 Å². The molecule has 4 aromatic carbocycles. The maximum Gasteiger partial charge on any atom is -1.00 e. The molecule has 0 radical (unpaired) electrons. The zero-order valence-corrected chi connectivity index (χ0v) is 33.1. The van der Waals surface area contributed by atoms with E-state index >= 15 is 0 Å².